The van der Waals surface area contributed by atoms with Gasteiger partial charge in [-0.15, -0.1) is 0 Å². The monoisotopic (exact) mass is 417 g/mol. The first-order chi connectivity index (χ1) is 13.0. The second-order valence-electron chi connectivity index (χ2n) is 7.56. The van der Waals surface area contributed by atoms with E-state index >= 15 is 0 Å². The number of nitriles is 1. The van der Waals surface area contributed by atoms with Gasteiger partial charge in [0.25, 0.3) is 0 Å². The zero-order valence-corrected chi connectivity index (χ0v) is 19.1. The summed E-state index contributed by atoms with van der Waals surface area (Å²) in [5.74, 6) is -0.171. The van der Waals surface area contributed by atoms with Crippen molar-refractivity contribution in [1.29, 1.82) is 5.26 Å². The number of rotatable bonds is 7. The molecule has 1 heterocycles. The van der Waals surface area contributed by atoms with Crippen molar-refractivity contribution < 1.29 is 12.6 Å². The Hall–Kier alpha value is -2.37. The van der Waals surface area contributed by atoms with Crippen molar-refractivity contribution in [3.05, 3.63) is 47.3 Å². The Kier molecular flexibility index (Phi) is 6.52. The third kappa shape index (κ3) is 4.91. The molecule has 0 aliphatic heterocycles. The molecular formula is C20H27N3O3SSi. The first-order valence-corrected chi connectivity index (χ1v) is 14.3. The van der Waals surface area contributed by atoms with Crippen LogP contribution in [0.1, 0.15) is 30.8 Å². The van der Waals surface area contributed by atoms with Crippen LogP contribution in [-0.4, -0.2) is 32.0 Å². The SMILES string of the molecule is CCn1nc(C)cc1/C(OS(=O)(=O)CC)=C(/C#N)c1ccc([Si](C)(C)C)cc1. The van der Waals surface area contributed by atoms with E-state index in [0.29, 0.717) is 17.8 Å². The number of hydrogen-bond donors (Lipinski definition) is 0. The molecule has 2 rings (SSSR count). The molecule has 0 spiro atoms. The lowest BCUT2D eigenvalue weighted by Crippen LogP contribution is -2.37. The molecule has 6 nitrogen and oxygen atoms in total. The third-order valence-electron chi connectivity index (χ3n) is 4.38. The minimum absolute atomic E-state index is 0.0209. The summed E-state index contributed by atoms with van der Waals surface area (Å²) in [5, 5.41) is 15.5. The van der Waals surface area contributed by atoms with Crippen molar-refractivity contribution in [2.45, 2.75) is 47.0 Å². The lowest BCUT2D eigenvalue weighted by atomic mass is 10.0. The summed E-state index contributed by atoms with van der Waals surface area (Å²) in [6, 6.07) is 11.6. The first-order valence-electron chi connectivity index (χ1n) is 9.24. The summed E-state index contributed by atoms with van der Waals surface area (Å²) in [7, 11) is -5.31. The van der Waals surface area contributed by atoms with Crippen molar-refractivity contribution in [2.24, 2.45) is 0 Å². The van der Waals surface area contributed by atoms with Gasteiger partial charge in [-0.25, -0.2) is 0 Å². The smallest absolute Gasteiger partial charge is 0.309 e. The first kappa shape index (κ1) is 21.9. The van der Waals surface area contributed by atoms with E-state index in [1.807, 2.05) is 38.1 Å². The molecule has 0 fully saturated rings. The van der Waals surface area contributed by atoms with E-state index in [4.69, 9.17) is 4.18 Å². The van der Waals surface area contributed by atoms with Crippen LogP contribution < -0.4 is 5.19 Å². The number of aryl methyl sites for hydroxylation is 2. The van der Waals surface area contributed by atoms with Gasteiger partial charge in [0.1, 0.15) is 17.3 Å². The molecule has 0 N–H and O–H groups in total. The highest BCUT2D eigenvalue weighted by molar-refractivity contribution is 7.86. The van der Waals surface area contributed by atoms with Gasteiger partial charge in [-0.2, -0.15) is 18.8 Å². The molecule has 0 saturated carbocycles. The van der Waals surface area contributed by atoms with E-state index in [2.05, 4.69) is 30.8 Å². The Balaban J connectivity index is 2.73. The van der Waals surface area contributed by atoms with Crippen molar-refractivity contribution in [3.63, 3.8) is 0 Å². The Morgan fingerprint density at radius 3 is 2.29 bits per heavy atom. The Morgan fingerprint density at radius 1 is 1.21 bits per heavy atom. The fourth-order valence-corrected chi connectivity index (χ4v) is 4.46. The Morgan fingerprint density at radius 2 is 1.82 bits per heavy atom. The molecule has 0 atom stereocenters. The van der Waals surface area contributed by atoms with Crippen LogP contribution in [0.2, 0.25) is 19.6 Å². The summed E-state index contributed by atoms with van der Waals surface area (Å²) < 4.78 is 31.5. The second-order valence-corrected chi connectivity index (χ2v) is 14.5. The molecule has 0 bridgehead atoms. The normalized spacial score (nSPS) is 13.0. The quantitative estimate of drug-likeness (QED) is 0.298. The van der Waals surface area contributed by atoms with Gasteiger partial charge in [-0.3, -0.25) is 4.68 Å². The molecule has 28 heavy (non-hydrogen) atoms. The Labute approximate surface area is 168 Å². The molecule has 8 heteroatoms. The summed E-state index contributed by atoms with van der Waals surface area (Å²) in [6.45, 7) is 12.5. The van der Waals surface area contributed by atoms with Crippen LogP contribution in [0.3, 0.4) is 0 Å². The molecule has 0 saturated heterocycles. The number of aromatic nitrogens is 2. The largest absolute Gasteiger partial charge is 0.379 e. The highest BCUT2D eigenvalue weighted by Gasteiger charge is 2.24. The number of benzene rings is 1. The van der Waals surface area contributed by atoms with Crippen LogP contribution >= 0.6 is 0 Å². The van der Waals surface area contributed by atoms with E-state index in [1.165, 1.54) is 12.1 Å². The lowest BCUT2D eigenvalue weighted by molar-refractivity contribution is 0.459. The third-order valence-corrected chi connectivity index (χ3v) is 7.57. The van der Waals surface area contributed by atoms with E-state index in [1.54, 1.807) is 10.7 Å². The molecule has 0 amide bonds. The highest BCUT2D eigenvalue weighted by atomic mass is 32.2. The topological polar surface area (TPSA) is 85.0 Å². The number of allylic oxidation sites excluding steroid dienone is 1. The average molecular weight is 418 g/mol. The highest BCUT2D eigenvalue weighted by Crippen LogP contribution is 2.29. The van der Waals surface area contributed by atoms with E-state index < -0.39 is 18.2 Å². The molecule has 2 aromatic rings. The molecule has 0 unspecified atom stereocenters. The van der Waals surface area contributed by atoms with Gasteiger partial charge in [-0.1, -0.05) is 49.1 Å². The van der Waals surface area contributed by atoms with Crippen LogP contribution in [0.4, 0.5) is 0 Å². The molecule has 0 aliphatic rings. The van der Waals surface area contributed by atoms with Gasteiger partial charge in [0.05, 0.1) is 19.5 Å². The zero-order chi connectivity index (χ0) is 21.1. The van der Waals surface area contributed by atoms with Gasteiger partial charge in [-0.05, 0) is 32.4 Å². The predicted molar refractivity (Wildman–Crippen MR) is 115 cm³/mol. The van der Waals surface area contributed by atoms with Crippen LogP contribution in [0.25, 0.3) is 11.3 Å². The molecule has 150 valence electrons. The molecule has 1 aromatic carbocycles. The maximum absolute atomic E-state index is 12.2. The van der Waals surface area contributed by atoms with Crippen LogP contribution in [-0.2, 0) is 20.8 Å². The maximum atomic E-state index is 12.2. The second kappa shape index (κ2) is 8.33. The predicted octanol–water partition coefficient (Wildman–Crippen LogP) is 3.51. The molecule has 0 radical (unpaired) electrons. The fraction of sp³-hybridized carbons (Fsp3) is 0.400. The van der Waals surface area contributed by atoms with Crippen LogP contribution in [0, 0.1) is 18.3 Å². The molecule has 0 aliphatic carbocycles. The van der Waals surface area contributed by atoms with Crippen molar-refractivity contribution in [3.8, 4) is 6.07 Å². The summed E-state index contributed by atoms with van der Waals surface area (Å²) in [5.41, 5.74) is 1.99. The minimum atomic E-state index is -3.82. The number of hydrogen-bond acceptors (Lipinski definition) is 5. The van der Waals surface area contributed by atoms with Gasteiger partial charge in [0.15, 0.2) is 5.76 Å². The van der Waals surface area contributed by atoms with Crippen molar-refractivity contribution >= 4 is 34.7 Å². The minimum Gasteiger partial charge on any atom is -0.379 e. The molecular weight excluding hydrogens is 390 g/mol. The van der Waals surface area contributed by atoms with Gasteiger partial charge in [0, 0.05) is 6.54 Å². The van der Waals surface area contributed by atoms with Gasteiger partial charge >= 0.3 is 10.1 Å². The van der Waals surface area contributed by atoms with Crippen molar-refractivity contribution in [1.82, 2.24) is 9.78 Å². The van der Waals surface area contributed by atoms with Crippen LogP contribution in [0.5, 0.6) is 0 Å². The van der Waals surface area contributed by atoms with Crippen molar-refractivity contribution in [2.75, 3.05) is 5.75 Å². The van der Waals surface area contributed by atoms with E-state index in [0.717, 1.165) is 5.69 Å². The Bertz CT molecular complexity index is 1020. The average Bonchev–Trinajstić information content (AvgIpc) is 3.02. The summed E-state index contributed by atoms with van der Waals surface area (Å²) in [4.78, 5) is 0. The standard InChI is InChI=1S/C20H27N3O3SSi/c1-7-23-19(13-15(3)22-23)20(26-27(24,25)8-2)18(14-21)16-9-11-17(12-10-16)28(4,5)6/h9-13H,7-8H2,1-6H3/b20-18+. The maximum Gasteiger partial charge on any atom is 0.309 e. The van der Waals surface area contributed by atoms with Gasteiger partial charge < -0.3 is 4.18 Å². The zero-order valence-electron chi connectivity index (χ0n) is 17.3. The lowest BCUT2D eigenvalue weighted by Gasteiger charge is -2.17. The molecule has 1 aromatic heterocycles. The van der Waals surface area contributed by atoms with Crippen LogP contribution in [0.15, 0.2) is 30.3 Å². The fourth-order valence-electron chi connectivity index (χ4n) is 2.75. The van der Waals surface area contributed by atoms with E-state index in [-0.39, 0.29) is 17.1 Å². The summed E-state index contributed by atoms with van der Waals surface area (Å²) in [6.07, 6.45) is 0. The van der Waals surface area contributed by atoms with Gasteiger partial charge in [0.2, 0.25) is 0 Å². The van der Waals surface area contributed by atoms with E-state index in [9.17, 15) is 13.7 Å². The summed E-state index contributed by atoms with van der Waals surface area (Å²) >= 11 is 0. The number of nitrogens with zero attached hydrogens (tertiary/aromatic N) is 3.